The van der Waals surface area contributed by atoms with Crippen molar-refractivity contribution in [3.8, 4) is 0 Å². The van der Waals surface area contributed by atoms with Gasteiger partial charge in [0, 0.05) is 17.1 Å². The number of nitrogens with two attached hydrogens (primary N) is 1. The molecule has 1 aliphatic heterocycles. The van der Waals surface area contributed by atoms with Gasteiger partial charge in [0.25, 0.3) is 0 Å². The molecule has 1 spiro atoms. The molecule has 2 unspecified atom stereocenters. The van der Waals surface area contributed by atoms with E-state index in [2.05, 4.69) is 41.1 Å². The van der Waals surface area contributed by atoms with E-state index in [-0.39, 0.29) is 11.6 Å². The van der Waals surface area contributed by atoms with E-state index in [0.29, 0.717) is 5.92 Å². The Morgan fingerprint density at radius 3 is 2.85 bits per heavy atom. The normalized spacial score (nSPS) is 26.9. The number of halogens is 1. The molecule has 0 radical (unpaired) electrons. The molecule has 0 amide bonds. The van der Waals surface area contributed by atoms with Gasteiger partial charge in [0.05, 0.1) is 5.60 Å². The maximum Gasteiger partial charge on any atom is 0.0685 e. The SMILES string of the molecule is Cc1c(Br)cccc1C(N)C1CCOC2(CCCC2)C1. The maximum atomic E-state index is 6.61. The van der Waals surface area contributed by atoms with Crippen LogP contribution in [0.15, 0.2) is 22.7 Å². The van der Waals surface area contributed by atoms with E-state index < -0.39 is 0 Å². The molecule has 2 N–H and O–H groups in total. The van der Waals surface area contributed by atoms with Crippen LogP contribution in [0.25, 0.3) is 0 Å². The van der Waals surface area contributed by atoms with Crippen LogP contribution in [0.1, 0.15) is 55.7 Å². The van der Waals surface area contributed by atoms with Crippen molar-refractivity contribution in [2.45, 2.75) is 57.1 Å². The van der Waals surface area contributed by atoms with Crippen molar-refractivity contribution in [1.29, 1.82) is 0 Å². The largest absolute Gasteiger partial charge is 0.375 e. The number of hydrogen-bond acceptors (Lipinski definition) is 2. The standard InChI is InChI=1S/C17H24BrNO/c1-12-14(5-4-6-15(12)18)16(19)13-7-10-20-17(11-13)8-2-3-9-17/h4-6,13,16H,2-3,7-11,19H2,1H3. The third-order valence-electron chi connectivity index (χ3n) is 5.22. The minimum absolute atomic E-state index is 0.133. The minimum Gasteiger partial charge on any atom is -0.375 e. The van der Waals surface area contributed by atoms with Crippen molar-refractivity contribution in [3.63, 3.8) is 0 Å². The average molecular weight is 338 g/mol. The average Bonchev–Trinajstić information content (AvgIpc) is 2.89. The fraction of sp³-hybridized carbons (Fsp3) is 0.647. The van der Waals surface area contributed by atoms with Gasteiger partial charge in [-0.05, 0) is 55.7 Å². The Kier molecular flexibility index (Phi) is 4.21. The smallest absolute Gasteiger partial charge is 0.0685 e. The van der Waals surface area contributed by atoms with Gasteiger partial charge in [0.1, 0.15) is 0 Å². The Bertz CT molecular complexity index is 482. The van der Waals surface area contributed by atoms with Crippen LogP contribution in [0.2, 0.25) is 0 Å². The quantitative estimate of drug-likeness (QED) is 0.862. The molecule has 1 aromatic rings. The summed E-state index contributed by atoms with van der Waals surface area (Å²) >= 11 is 3.62. The number of rotatable bonds is 2. The van der Waals surface area contributed by atoms with Crippen LogP contribution in [0.4, 0.5) is 0 Å². The Hall–Kier alpha value is -0.380. The number of ether oxygens (including phenoxy) is 1. The van der Waals surface area contributed by atoms with Crippen molar-refractivity contribution in [2.75, 3.05) is 6.61 Å². The monoisotopic (exact) mass is 337 g/mol. The van der Waals surface area contributed by atoms with Crippen molar-refractivity contribution in [2.24, 2.45) is 11.7 Å². The van der Waals surface area contributed by atoms with Gasteiger partial charge in [-0.2, -0.15) is 0 Å². The Labute approximate surface area is 130 Å². The second-order valence-electron chi connectivity index (χ2n) is 6.47. The molecule has 1 aliphatic carbocycles. The molecular formula is C17H24BrNO. The summed E-state index contributed by atoms with van der Waals surface area (Å²) in [5, 5.41) is 0. The van der Waals surface area contributed by atoms with Gasteiger partial charge in [-0.3, -0.25) is 0 Å². The van der Waals surface area contributed by atoms with E-state index in [4.69, 9.17) is 10.5 Å². The first-order valence-corrected chi connectivity index (χ1v) is 8.55. The molecular weight excluding hydrogens is 314 g/mol. The molecule has 0 bridgehead atoms. The van der Waals surface area contributed by atoms with Crippen LogP contribution in [-0.4, -0.2) is 12.2 Å². The van der Waals surface area contributed by atoms with Gasteiger partial charge in [0.2, 0.25) is 0 Å². The fourth-order valence-corrected chi connectivity index (χ4v) is 4.36. The predicted molar refractivity (Wildman–Crippen MR) is 85.7 cm³/mol. The highest BCUT2D eigenvalue weighted by Gasteiger charge is 2.41. The van der Waals surface area contributed by atoms with Crippen LogP contribution < -0.4 is 5.73 Å². The zero-order valence-electron chi connectivity index (χ0n) is 12.2. The van der Waals surface area contributed by atoms with Crippen molar-refractivity contribution in [3.05, 3.63) is 33.8 Å². The summed E-state index contributed by atoms with van der Waals surface area (Å²) in [4.78, 5) is 0. The highest BCUT2D eigenvalue weighted by molar-refractivity contribution is 9.10. The molecule has 3 rings (SSSR count). The van der Waals surface area contributed by atoms with E-state index in [9.17, 15) is 0 Å². The molecule has 0 aromatic heterocycles. The summed E-state index contributed by atoms with van der Waals surface area (Å²) < 4.78 is 7.29. The molecule has 3 heteroatoms. The Morgan fingerprint density at radius 2 is 2.10 bits per heavy atom. The first-order chi connectivity index (χ1) is 9.61. The first-order valence-electron chi connectivity index (χ1n) is 7.76. The van der Waals surface area contributed by atoms with E-state index in [1.165, 1.54) is 36.8 Å². The third-order valence-corrected chi connectivity index (χ3v) is 6.08. The molecule has 1 saturated heterocycles. The maximum absolute atomic E-state index is 6.61. The van der Waals surface area contributed by atoms with Gasteiger partial charge < -0.3 is 10.5 Å². The molecule has 2 fully saturated rings. The summed E-state index contributed by atoms with van der Waals surface area (Å²) in [6.07, 6.45) is 7.33. The van der Waals surface area contributed by atoms with E-state index in [0.717, 1.165) is 23.9 Å². The lowest BCUT2D eigenvalue weighted by atomic mass is 9.78. The molecule has 110 valence electrons. The number of benzene rings is 1. The van der Waals surface area contributed by atoms with Crippen LogP contribution in [0.5, 0.6) is 0 Å². The van der Waals surface area contributed by atoms with Gasteiger partial charge in [0.15, 0.2) is 0 Å². The van der Waals surface area contributed by atoms with Gasteiger partial charge in [-0.15, -0.1) is 0 Å². The van der Waals surface area contributed by atoms with E-state index in [1.54, 1.807) is 0 Å². The molecule has 1 saturated carbocycles. The highest BCUT2D eigenvalue weighted by atomic mass is 79.9. The topological polar surface area (TPSA) is 35.2 Å². The van der Waals surface area contributed by atoms with Crippen LogP contribution in [0.3, 0.4) is 0 Å². The minimum atomic E-state index is 0.133. The third kappa shape index (κ3) is 2.68. The van der Waals surface area contributed by atoms with Crippen LogP contribution >= 0.6 is 15.9 Å². The molecule has 2 nitrogen and oxygen atoms in total. The zero-order valence-corrected chi connectivity index (χ0v) is 13.8. The van der Waals surface area contributed by atoms with E-state index in [1.807, 2.05) is 0 Å². The van der Waals surface area contributed by atoms with E-state index >= 15 is 0 Å². The Balaban J connectivity index is 1.79. The van der Waals surface area contributed by atoms with Crippen molar-refractivity contribution < 1.29 is 4.74 Å². The van der Waals surface area contributed by atoms with Gasteiger partial charge >= 0.3 is 0 Å². The lowest BCUT2D eigenvalue weighted by molar-refractivity contribution is -0.0964. The summed E-state index contributed by atoms with van der Waals surface area (Å²) in [6, 6.07) is 6.50. The highest BCUT2D eigenvalue weighted by Crippen LogP contribution is 2.45. The van der Waals surface area contributed by atoms with Gasteiger partial charge in [-0.1, -0.05) is 40.9 Å². The fourth-order valence-electron chi connectivity index (χ4n) is 3.98. The lowest BCUT2D eigenvalue weighted by Gasteiger charge is -2.40. The van der Waals surface area contributed by atoms with Crippen LogP contribution in [-0.2, 0) is 4.74 Å². The number of hydrogen-bond donors (Lipinski definition) is 1. The predicted octanol–water partition coefficient (Wildman–Crippen LogP) is 4.50. The summed E-state index contributed by atoms with van der Waals surface area (Å²) in [7, 11) is 0. The van der Waals surface area contributed by atoms with Gasteiger partial charge in [-0.25, -0.2) is 0 Å². The molecule has 2 atom stereocenters. The van der Waals surface area contributed by atoms with Crippen LogP contribution in [0, 0.1) is 12.8 Å². The lowest BCUT2D eigenvalue weighted by Crippen LogP contribution is -2.40. The molecule has 20 heavy (non-hydrogen) atoms. The molecule has 1 aromatic carbocycles. The molecule has 1 heterocycles. The zero-order chi connectivity index (χ0) is 14.2. The summed E-state index contributed by atoms with van der Waals surface area (Å²) in [6.45, 7) is 3.04. The van der Waals surface area contributed by atoms with Crippen molar-refractivity contribution in [1.82, 2.24) is 0 Å². The second kappa shape index (κ2) is 5.78. The first kappa shape index (κ1) is 14.6. The summed E-state index contributed by atoms with van der Waals surface area (Å²) in [5.74, 6) is 0.551. The second-order valence-corrected chi connectivity index (χ2v) is 7.33. The molecule has 2 aliphatic rings. The summed E-state index contributed by atoms with van der Waals surface area (Å²) in [5.41, 5.74) is 9.34. The Morgan fingerprint density at radius 1 is 1.35 bits per heavy atom. The van der Waals surface area contributed by atoms with Crippen molar-refractivity contribution >= 4 is 15.9 Å².